The molecule has 0 fully saturated rings. The molecule has 1 heterocycles. The van der Waals surface area contributed by atoms with Gasteiger partial charge in [0.15, 0.2) is 0 Å². The van der Waals surface area contributed by atoms with Gasteiger partial charge >= 0.3 is 0 Å². The maximum absolute atomic E-state index is 12.9. The van der Waals surface area contributed by atoms with Crippen molar-refractivity contribution in [3.8, 4) is 11.3 Å². The van der Waals surface area contributed by atoms with Crippen LogP contribution in [0.2, 0.25) is 5.02 Å². The molecule has 0 saturated carbocycles. The predicted octanol–water partition coefficient (Wildman–Crippen LogP) is 3.51. The highest BCUT2D eigenvalue weighted by atomic mass is 35.5. The SMILES string of the molecule is C=Cc1c[nH]nc1-c1ccc(F)c(Cl)c1. The first-order chi connectivity index (χ1) is 7.22. The van der Waals surface area contributed by atoms with Crippen LogP contribution in [-0.4, -0.2) is 10.2 Å². The lowest BCUT2D eigenvalue weighted by molar-refractivity contribution is 0.628. The average molecular weight is 223 g/mol. The van der Waals surface area contributed by atoms with Crippen LogP contribution in [0.1, 0.15) is 5.56 Å². The summed E-state index contributed by atoms with van der Waals surface area (Å²) in [5.74, 6) is -0.434. The minimum Gasteiger partial charge on any atom is -0.284 e. The number of nitrogens with one attached hydrogen (secondary N) is 1. The van der Waals surface area contributed by atoms with E-state index in [1.165, 1.54) is 6.07 Å². The van der Waals surface area contributed by atoms with Crippen molar-refractivity contribution in [1.29, 1.82) is 0 Å². The maximum Gasteiger partial charge on any atom is 0.141 e. The van der Waals surface area contributed by atoms with Gasteiger partial charge in [0.1, 0.15) is 5.82 Å². The number of H-pyrrole nitrogens is 1. The number of aromatic amines is 1. The lowest BCUT2D eigenvalue weighted by Crippen LogP contribution is -1.83. The number of hydrogen-bond donors (Lipinski definition) is 1. The van der Waals surface area contributed by atoms with Crippen LogP contribution in [0, 0.1) is 5.82 Å². The van der Waals surface area contributed by atoms with Gasteiger partial charge in [-0.1, -0.05) is 24.3 Å². The molecule has 0 saturated heterocycles. The number of rotatable bonds is 2. The molecule has 0 atom stereocenters. The van der Waals surface area contributed by atoms with Crippen molar-refractivity contribution in [2.75, 3.05) is 0 Å². The molecule has 0 aliphatic heterocycles. The molecule has 0 bridgehead atoms. The molecule has 2 rings (SSSR count). The molecule has 1 aromatic heterocycles. The van der Waals surface area contributed by atoms with E-state index in [-0.39, 0.29) is 5.02 Å². The molecule has 0 radical (unpaired) electrons. The van der Waals surface area contributed by atoms with Crippen molar-refractivity contribution in [3.05, 3.63) is 47.4 Å². The van der Waals surface area contributed by atoms with Gasteiger partial charge in [-0.3, -0.25) is 5.10 Å². The molecule has 1 aromatic carbocycles. The second-order valence-electron chi connectivity index (χ2n) is 3.02. The first-order valence-electron chi connectivity index (χ1n) is 4.34. The van der Waals surface area contributed by atoms with Crippen molar-refractivity contribution in [2.24, 2.45) is 0 Å². The molecule has 2 nitrogen and oxygen atoms in total. The summed E-state index contributed by atoms with van der Waals surface area (Å²) >= 11 is 5.69. The van der Waals surface area contributed by atoms with Crippen molar-refractivity contribution in [1.82, 2.24) is 10.2 Å². The average Bonchev–Trinajstić information content (AvgIpc) is 2.70. The smallest absolute Gasteiger partial charge is 0.141 e. The molecule has 1 N–H and O–H groups in total. The second kappa shape index (κ2) is 3.87. The minimum atomic E-state index is -0.434. The highest BCUT2D eigenvalue weighted by Crippen LogP contribution is 2.26. The van der Waals surface area contributed by atoms with Gasteiger partial charge in [0.05, 0.1) is 10.7 Å². The van der Waals surface area contributed by atoms with Gasteiger partial charge in [0.25, 0.3) is 0 Å². The van der Waals surface area contributed by atoms with E-state index in [0.29, 0.717) is 5.69 Å². The minimum absolute atomic E-state index is 0.0884. The molecular formula is C11H8ClFN2. The number of halogens is 2. The summed E-state index contributed by atoms with van der Waals surface area (Å²) in [7, 11) is 0. The van der Waals surface area contributed by atoms with Gasteiger partial charge in [-0.25, -0.2) is 4.39 Å². The lowest BCUT2D eigenvalue weighted by Gasteiger charge is -2.00. The normalized spacial score (nSPS) is 10.3. The Morgan fingerprint density at radius 1 is 1.47 bits per heavy atom. The molecule has 2 aromatic rings. The largest absolute Gasteiger partial charge is 0.284 e. The van der Waals surface area contributed by atoms with Crippen LogP contribution in [0.15, 0.2) is 31.0 Å². The number of hydrogen-bond acceptors (Lipinski definition) is 1. The topological polar surface area (TPSA) is 28.7 Å². The Kier molecular flexibility index (Phi) is 2.56. The van der Waals surface area contributed by atoms with Crippen molar-refractivity contribution >= 4 is 17.7 Å². The Morgan fingerprint density at radius 3 is 2.93 bits per heavy atom. The van der Waals surface area contributed by atoms with Crippen molar-refractivity contribution < 1.29 is 4.39 Å². The van der Waals surface area contributed by atoms with E-state index in [2.05, 4.69) is 16.8 Å². The summed E-state index contributed by atoms with van der Waals surface area (Å²) in [6, 6.07) is 4.49. The zero-order valence-corrected chi connectivity index (χ0v) is 8.55. The zero-order valence-electron chi connectivity index (χ0n) is 7.80. The highest BCUT2D eigenvalue weighted by Gasteiger charge is 2.08. The highest BCUT2D eigenvalue weighted by molar-refractivity contribution is 6.31. The fourth-order valence-corrected chi connectivity index (χ4v) is 1.51. The third-order valence-corrected chi connectivity index (χ3v) is 2.37. The van der Waals surface area contributed by atoms with Crippen LogP contribution in [0.3, 0.4) is 0 Å². The molecular weight excluding hydrogens is 215 g/mol. The standard InChI is InChI=1S/C11H8ClFN2/c1-2-7-6-14-15-11(7)8-3-4-10(13)9(12)5-8/h2-6H,1H2,(H,14,15). The first kappa shape index (κ1) is 9.93. The van der Waals surface area contributed by atoms with Gasteiger partial charge in [-0.2, -0.15) is 5.10 Å². The molecule has 76 valence electrons. The van der Waals surface area contributed by atoms with E-state index in [9.17, 15) is 4.39 Å². The van der Waals surface area contributed by atoms with E-state index < -0.39 is 5.82 Å². The maximum atomic E-state index is 12.9. The van der Waals surface area contributed by atoms with Gasteiger partial charge in [-0.05, 0) is 18.2 Å². The zero-order chi connectivity index (χ0) is 10.8. The Bertz CT molecular complexity index is 505. The van der Waals surface area contributed by atoms with E-state index in [1.807, 2.05) is 0 Å². The van der Waals surface area contributed by atoms with Crippen molar-refractivity contribution in [3.63, 3.8) is 0 Å². The third kappa shape index (κ3) is 1.78. The molecule has 0 unspecified atom stereocenters. The Morgan fingerprint density at radius 2 is 2.27 bits per heavy atom. The van der Waals surface area contributed by atoms with Gasteiger partial charge < -0.3 is 0 Å². The van der Waals surface area contributed by atoms with Crippen LogP contribution in [0.25, 0.3) is 17.3 Å². The summed E-state index contributed by atoms with van der Waals surface area (Å²) in [5.41, 5.74) is 2.34. The molecule has 4 heteroatoms. The summed E-state index contributed by atoms with van der Waals surface area (Å²) < 4.78 is 12.9. The molecule has 0 amide bonds. The monoisotopic (exact) mass is 222 g/mol. The van der Waals surface area contributed by atoms with E-state index in [0.717, 1.165) is 11.1 Å². The second-order valence-corrected chi connectivity index (χ2v) is 3.43. The fourth-order valence-electron chi connectivity index (χ4n) is 1.33. The van der Waals surface area contributed by atoms with E-state index in [4.69, 9.17) is 11.6 Å². The van der Waals surface area contributed by atoms with Crippen LogP contribution in [0.4, 0.5) is 4.39 Å². The Hall–Kier alpha value is -1.61. The summed E-state index contributed by atoms with van der Waals surface area (Å²) in [6.07, 6.45) is 3.40. The summed E-state index contributed by atoms with van der Waals surface area (Å²) in [5, 5.41) is 6.86. The third-order valence-electron chi connectivity index (χ3n) is 2.08. The number of benzene rings is 1. The Balaban J connectivity index is 2.54. The summed E-state index contributed by atoms with van der Waals surface area (Å²) in [4.78, 5) is 0. The lowest BCUT2D eigenvalue weighted by atomic mass is 10.1. The quantitative estimate of drug-likeness (QED) is 0.828. The molecule has 0 spiro atoms. The van der Waals surface area contributed by atoms with E-state index >= 15 is 0 Å². The van der Waals surface area contributed by atoms with Crippen molar-refractivity contribution in [2.45, 2.75) is 0 Å². The van der Waals surface area contributed by atoms with Gasteiger partial charge in [-0.15, -0.1) is 0 Å². The molecule has 15 heavy (non-hydrogen) atoms. The van der Waals surface area contributed by atoms with Gasteiger partial charge in [0, 0.05) is 17.3 Å². The molecule has 0 aliphatic rings. The van der Waals surface area contributed by atoms with Crippen LogP contribution in [-0.2, 0) is 0 Å². The number of aromatic nitrogens is 2. The van der Waals surface area contributed by atoms with Crippen LogP contribution in [0.5, 0.6) is 0 Å². The Labute approximate surface area is 91.4 Å². The molecule has 0 aliphatic carbocycles. The predicted molar refractivity (Wildman–Crippen MR) is 59.1 cm³/mol. The van der Waals surface area contributed by atoms with E-state index in [1.54, 1.807) is 24.4 Å². The van der Waals surface area contributed by atoms with Gasteiger partial charge in [0.2, 0.25) is 0 Å². The summed E-state index contributed by atoms with van der Waals surface area (Å²) in [6.45, 7) is 3.66. The van der Waals surface area contributed by atoms with Crippen LogP contribution >= 0.6 is 11.6 Å². The number of nitrogens with zero attached hydrogens (tertiary/aromatic N) is 1. The fraction of sp³-hybridized carbons (Fsp3) is 0. The van der Waals surface area contributed by atoms with Crippen LogP contribution < -0.4 is 0 Å². The first-order valence-corrected chi connectivity index (χ1v) is 4.72.